The second-order valence-electron chi connectivity index (χ2n) is 16.9. The monoisotopic (exact) mass is 741 g/mol. The van der Waals surface area contributed by atoms with Gasteiger partial charge in [-0.05, 0) is 106 Å². The minimum Gasteiger partial charge on any atom is -0.309 e. The van der Waals surface area contributed by atoms with Crippen LogP contribution in [-0.2, 0) is 10.8 Å². The van der Waals surface area contributed by atoms with Gasteiger partial charge in [0.2, 0.25) is 5.95 Å². The maximum Gasteiger partial charge on any atom is 0.238 e. The third-order valence-corrected chi connectivity index (χ3v) is 12.5. The van der Waals surface area contributed by atoms with Crippen LogP contribution in [0.1, 0.15) is 51.7 Å². The molecular formula is C51H40FN5. The predicted octanol–water partition coefficient (Wildman–Crippen LogP) is 13.0. The van der Waals surface area contributed by atoms with Gasteiger partial charge in [0.05, 0.1) is 22.1 Å². The van der Waals surface area contributed by atoms with E-state index in [4.69, 9.17) is 15.0 Å². The van der Waals surface area contributed by atoms with Crippen molar-refractivity contribution in [2.24, 2.45) is 0 Å². The highest BCUT2D eigenvalue weighted by Gasteiger charge is 2.37. The van der Waals surface area contributed by atoms with Crippen molar-refractivity contribution in [2.45, 2.75) is 51.4 Å². The molecule has 3 heterocycles. The maximum absolute atomic E-state index is 14.2. The predicted molar refractivity (Wildman–Crippen MR) is 232 cm³/mol. The zero-order valence-electron chi connectivity index (χ0n) is 32.4. The van der Waals surface area contributed by atoms with Crippen LogP contribution in [0, 0.1) is 5.82 Å². The van der Waals surface area contributed by atoms with Gasteiger partial charge in [0.1, 0.15) is 5.82 Å². The van der Waals surface area contributed by atoms with Crippen LogP contribution in [0.5, 0.6) is 0 Å². The highest BCUT2D eigenvalue weighted by atomic mass is 19.1. The van der Waals surface area contributed by atoms with E-state index in [2.05, 4.69) is 128 Å². The van der Waals surface area contributed by atoms with Gasteiger partial charge in [-0.25, -0.2) is 9.37 Å². The van der Waals surface area contributed by atoms with Gasteiger partial charge < -0.3 is 4.57 Å². The van der Waals surface area contributed by atoms with Crippen LogP contribution >= 0.6 is 0 Å². The van der Waals surface area contributed by atoms with E-state index in [1.54, 1.807) is 12.1 Å². The molecule has 1 aliphatic carbocycles. The number of halogens is 1. The van der Waals surface area contributed by atoms with Gasteiger partial charge in [-0.15, -0.1) is 0 Å². The minimum atomic E-state index is -0.309. The fourth-order valence-electron chi connectivity index (χ4n) is 9.45. The summed E-state index contributed by atoms with van der Waals surface area (Å²) in [4.78, 5) is 15.3. The summed E-state index contributed by atoms with van der Waals surface area (Å²) in [6.45, 7) is 9.56. The molecule has 276 valence electrons. The van der Waals surface area contributed by atoms with Crippen LogP contribution < -0.4 is 0 Å². The van der Waals surface area contributed by atoms with Crippen LogP contribution in [-0.4, -0.2) is 24.1 Å². The molecule has 0 radical (unpaired) electrons. The van der Waals surface area contributed by atoms with E-state index < -0.39 is 0 Å². The van der Waals surface area contributed by atoms with Crippen LogP contribution in [0.4, 0.5) is 4.39 Å². The van der Waals surface area contributed by atoms with Crippen LogP contribution in [0.2, 0.25) is 0 Å². The molecule has 0 N–H and O–H groups in total. The second-order valence-corrected chi connectivity index (χ2v) is 16.9. The Hall–Kier alpha value is -6.66. The summed E-state index contributed by atoms with van der Waals surface area (Å²) >= 11 is 0. The Balaban J connectivity index is 1.26. The zero-order chi connectivity index (χ0) is 38.6. The first-order valence-corrected chi connectivity index (χ1v) is 19.8. The smallest absolute Gasteiger partial charge is 0.238 e. The molecule has 11 rings (SSSR count). The van der Waals surface area contributed by atoms with E-state index in [0.29, 0.717) is 23.2 Å². The Kier molecular flexibility index (Phi) is 7.19. The summed E-state index contributed by atoms with van der Waals surface area (Å²) in [5.74, 6) is 1.22. The van der Waals surface area contributed by atoms with Crippen LogP contribution in [0.3, 0.4) is 0 Å². The molecule has 57 heavy (non-hydrogen) atoms. The molecule has 0 atom stereocenters. The number of nitrogens with zero attached hydrogens (tertiary/aromatic N) is 5. The molecule has 5 nitrogen and oxygen atoms in total. The lowest BCUT2D eigenvalue weighted by Crippen LogP contribution is -2.33. The molecule has 0 spiro atoms. The van der Waals surface area contributed by atoms with Gasteiger partial charge in [0.15, 0.2) is 11.6 Å². The van der Waals surface area contributed by atoms with Gasteiger partial charge in [-0.3, -0.25) is 4.57 Å². The zero-order valence-corrected chi connectivity index (χ0v) is 32.4. The summed E-state index contributed by atoms with van der Waals surface area (Å²) in [6, 6.07) is 49.8. The van der Waals surface area contributed by atoms with Crippen molar-refractivity contribution >= 4 is 54.4 Å². The number of hydrogen-bond donors (Lipinski definition) is 0. The van der Waals surface area contributed by atoms with E-state index in [1.165, 1.54) is 51.7 Å². The summed E-state index contributed by atoms with van der Waals surface area (Å²) < 4.78 is 18.8. The summed E-state index contributed by atoms with van der Waals surface area (Å²) in [6.07, 6.45) is 2.33. The van der Waals surface area contributed by atoms with E-state index >= 15 is 0 Å². The lowest BCUT2D eigenvalue weighted by Gasteiger charge is -2.42. The van der Waals surface area contributed by atoms with Gasteiger partial charge in [0.25, 0.3) is 0 Å². The molecular weight excluding hydrogens is 702 g/mol. The number of hydrogen-bond acceptors (Lipinski definition) is 3. The largest absolute Gasteiger partial charge is 0.309 e. The molecule has 0 saturated heterocycles. The lowest BCUT2D eigenvalue weighted by atomic mass is 9.63. The molecule has 0 saturated carbocycles. The van der Waals surface area contributed by atoms with Crippen molar-refractivity contribution < 1.29 is 4.39 Å². The van der Waals surface area contributed by atoms with E-state index in [1.807, 2.05) is 30.3 Å². The Bertz CT molecular complexity index is 3240. The third-order valence-electron chi connectivity index (χ3n) is 12.5. The van der Waals surface area contributed by atoms with Crippen molar-refractivity contribution in [3.8, 4) is 34.4 Å². The molecule has 10 aromatic rings. The van der Waals surface area contributed by atoms with Crippen LogP contribution in [0.25, 0.3) is 88.8 Å². The van der Waals surface area contributed by atoms with Crippen molar-refractivity contribution in [1.29, 1.82) is 0 Å². The Morgan fingerprint density at radius 1 is 0.474 bits per heavy atom. The Morgan fingerprint density at radius 2 is 1.05 bits per heavy atom. The Labute approximate surface area is 330 Å². The molecule has 6 heteroatoms. The first-order valence-electron chi connectivity index (χ1n) is 19.8. The molecule has 3 aromatic heterocycles. The second kappa shape index (κ2) is 12.2. The summed E-state index contributed by atoms with van der Waals surface area (Å²) in [5, 5.41) is 7.01. The number of benzene rings is 7. The van der Waals surface area contributed by atoms with Crippen molar-refractivity contribution in [2.75, 3.05) is 0 Å². The quantitative estimate of drug-likeness (QED) is 0.180. The highest BCUT2D eigenvalue weighted by Crippen LogP contribution is 2.48. The average Bonchev–Trinajstić information content (AvgIpc) is 3.76. The summed E-state index contributed by atoms with van der Waals surface area (Å²) in [7, 11) is 0. The van der Waals surface area contributed by atoms with Gasteiger partial charge in [-0.2, -0.15) is 9.97 Å². The fourth-order valence-corrected chi connectivity index (χ4v) is 9.45. The highest BCUT2D eigenvalue weighted by molar-refractivity contribution is 6.33. The third kappa shape index (κ3) is 5.09. The molecule has 0 unspecified atom stereocenters. The van der Waals surface area contributed by atoms with Crippen molar-refractivity contribution in [3.63, 3.8) is 0 Å². The van der Waals surface area contributed by atoms with E-state index in [9.17, 15) is 4.39 Å². The van der Waals surface area contributed by atoms with E-state index in [-0.39, 0.29) is 16.6 Å². The average molecular weight is 742 g/mol. The normalized spacial score (nSPS) is 14.9. The molecule has 1 aliphatic rings. The first-order chi connectivity index (χ1) is 27.7. The van der Waals surface area contributed by atoms with E-state index in [0.717, 1.165) is 50.1 Å². The van der Waals surface area contributed by atoms with Crippen molar-refractivity contribution in [3.05, 3.63) is 163 Å². The number of rotatable bonds is 4. The van der Waals surface area contributed by atoms with Gasteiger partial charge in [0, 0.05) is 38.4 Å². The van der Waals surface area contributed by atoms with Crippen molar-refractivity contribution in [1.82, 2.24) is 24.1 Å². The van der Waals surface area contributed by atoms with Gasteiger partial charge >= 0.3 is 0 Å². The van der Waals surface area contributed by atoms with Crippen LogP contribution in [0.15, 0.2) is 146 Å². The summed E-state index contributed by atoms with van der Waals surface area (Å²) in [5.41, 5.74) is 10.2. The molecule has 0 bridgehead atoms. The Morgan fingerprint density at radius 3 is 1.81 bits per heavy atom. The SMILES string of the molecule is CC1(C)CCC(C)(C)c2cc(-n3c4ccccc4c4c5c6c7ccccc7ccc6n(-c6nc(-c7ccccc7)nc(-c7ccc(F)cc7)n6)c5ccc43)ccc21. The molecule has 0 fully saturated rings. The number of fused-ring (bicyclic) bond motifs is 10. The minimum absolute atomic E-state index is 0.0785. The first kappa shape index (κ1) is 33.7. The lowest BCUT2D eigenvalue weighted by molar-refractivity contribution is 0.332. The maximum atomic E-state index is 14.2. The number of aromatic nitrogens is 5. The topological polar surface area (TPSA) is 48.5 Å². The standard InChI is InChI=1S/C51H40FN5/c1-50(2)28-29-51(3,4)39-30-35(23-24-38(39)50)56-40-17-11-10-16-37(40)45-41(56)26-27-43-46(45)44-36-15-9-8-12-31(36)20-25-42(44)57(43)49-54-47(32-13-6-5-7-14-32)53-48(55-49)33-18-21-34(52)22-19-33/h5-27,30H,28-29H2,1-4H3. The number of para-hydroxylation sites is 1. The molecule has 7 aromatic carbocycles. The van der Waals surface area contributed by atoms with Gasteiger partial charge in [-0.1, -0.05) is 113 Å². The molecule has 0 amide bonds. The molecule has 0 aliphatic heterocycles. The fraction of sp³-hybridized carbons (Fsp3) is 0.157.